The van der Waals surface area contributed by atoms with E-state index in [0.29, 0.717) is 17.1 Å². The minimum absolute atomic E-state index is 0.332. The maximum Gasteiger partial charge on any atom is 0.245 e. The molecule has 3 rings (SSSR count). The van der Waals surface area contributed by atoms with Crippen LogP contribution in [0.4, 0.5) is 11.4 Å². The molecular weight excluding hydrogens is 444 g/mol. The summed E-state index contributed by atoms with van der Waals surface area (Å²) in [5, 5.41) is 2.77. The van der Waals surface area contributed by atoms with E-state index in [1.807, 2.05) is 55.5 Å². The van der Waals surface area contributed by atoms with Gasteiger partial charge in [0.1, 0.15) is 12.3 Å². The molecule has 0 saturated heterocycles. The monoisotopic (exact) mass is 470 g/mol. The number of hydrogen-bond acceptors (Lipinski definition) is 5. The molecule has 0 bridgehead atoms. The molecule has 3 aromatic carbocycles. The van der Waals surface area contributed by atoms with Crippen LogP contribution in [-0.4, -0.2) is 34.2 Å². The van der Waals surface area contributed by atoms with Gasteiger partial charge in [-0.3, -0.25) is 9.10 Å². The zero-order valence-corrected chi connectivity index (χ0v) is 19.9. The predicted molar refractivity (Wildman–Crippen MR) is 131 cm³/mol. The highest BCUT2D eigenvalue weighted by Crippen LogP contribution is 2.31. The molecule has 0 saturated carbocycles. The van der Waals surface area contributed by atoms with E-state index in [1.54, 1.807) is 23.9 Å². The van der Waals surface area contributed by atoms with E-state index in [4.69, 9.17) is 4.74 Å². The number of nitrogens with zero attached hydrogens (tertiary/aromatic N) is 1. The first-order valence-electron chi connectivity index (χ1n) is 9.95. The van der Waals surface area contributed by atoms with E-state index in [-0.39, 0.29) is 6.54 Å². The third-order valence-corrected chi connectivity index (χ3v) is 6.89. The second kappa shape index (κ2) is 10.6. The van der Waals surface area contributed by atoms with Crippen molar-refractivity contribution < 1.29 is 17.9 Å². The SMILES string of the molecule is COc1ccc(C)cc1N(CC(=O)Nc1ccc(CSc2ccccc2)cc1)S(C)(=O)=O. The Hall–Kier alpha value is -2.97. The minimum Gasteiger partial charge on any atom is -0.495 e. The summed E-state index contributed by atoms with van der Waals surface area (Å²) >= 11 is 1.73. The van der Waals surface area contributed by atoms with Gasteiger partial charge in [0.15, 0.2) is 0 Å². The number of aryl methyl sites for hydroxylation is 1. The summed E-state index contributed by atoms with van der Waals surface area (Å²) in [6, 6.07) is 22.9. The lowest BCUT2D eigenvalue weighted by Crippen LogP contribution is -2.37. The van der Waals surface area contributed by atoms with Crippen LogP contribution in [0.3, 0.4) is 0 Å². The lowest BCUT2D eigenvalue weighted by atomic mass is 10.2. The number of methoxy groups -OCH3 is 1. The smallest absolute Gasteiger partial charge is 0.245 e. The zero-order valence-electron chi connectivity index (χ0n) is 18.2. The van der Waals surface area contributed by atoms with Gasteiger partial charge in [-0.15, -0.1) is 11.8 Å². The Labute approximate surface area is 193 Å². The molecule has 1 amide bonds. The molecule has 0 atom stereocenters. The van der Waals surface area contributed by atoms with Crippen LogP contribution in [0, 0.1) is 6.92 Å². The molecule has 32 heavy (non-hydrogen) atoms. The number of carbonyl (C=O) groups is 1. The largest absolute Gasteiger partial charge is 0.495 e. The van der Waals surface area contributed by atoms with Crippen molar-refractivity contribution in [2.45, 2.75) is 17.6 Å². The highest BCUT2D eigenvalue weighted by molar-refractivity contribution is 7.98. The normalized spacial score (nSPS) is 11.1. The first-order valence-corrected chi connectivity index (χ1v) is 12.8. The molecule has 168 valence electrons. The van der Waals surface area contributed by atoms with Crippen molar-refractivity contribution in [3.63, 3.8) is 0 Å². The van der Waals surface area contributed by atoms with Gasteiger partial charge in [0.05, 0.1) is 19.1 Å². The van der Waals surface area contributed by atoms with Crippen molar-refractivity contribution in [2.24, 2.45) is 0 Å². The average Bonchev–Trinajstić information content (AvgIpc) is 2.77. The van der Waals surface area contributed by atoms with Gasteiger partial charge in [-0.25, -0.2) is 8.42 Å². The molecule has 3 aromatic rings. The van der Waals surface area contributed by atoms with Crippen LogP contribution in [-0.2, 0) is 20.6 Å². The van der Waals surface area contributed by atoms with Crippen molar-refractivity contribution >= 4 is 39.1 Å². The van der Waals surface area contributed by atoms with Crippen molar-refractivity contribution in [3.8, 4) is 5.75 Å². The number of nitrogens with one attached hydrogen (secondary N) is 1. The first-order chi connectivity index (χ1) is 15.3. The number of anilines is 2. The Morgan fingerprint density at radius 3 is 2.34 bits per heavy atom. The van der Waals surface area contributed by atoms with E-state index in [2.05, 4.69) is 17.4 Å². The lowest BCUT2D eigenvalue weighted by molar-refractivity contribution is -0.114. The van der Waals surface area contributed by atoms with Crippen LogP contribution in [0.15, 0.2) is 77.7 Å². The maximum atomic E-state index is 12.7. The summed E-state index contributed by atoms with van der Waals surface area (Å²) in [5.74, 6) is 0.757. The molecule has 8 heteroatoms. The predicted octanol–water partition coefficient (Wildman–Crippen LogP) is 4.70. The Morgan fingerprint density at radius 2 is 1.72 bits per heavy atom. The number of thioether (sulfide) groups is 1. The summed E-state index contributed by atoms with van der Waals surface area (Å²) in [7, 11) is -2.24. The van der Waals surface area contributed by atoms with Gasteiger partial charge in [0, 0.05) is 16.3 Å². The molecule has 0 aromatic heterocycles. The molecule has 0 aliphatic carbocycles. The second-order valence-corrected chi connectivity index (χ2v) is 10.2. The molecule has 0 heterocycles. The Balaban J connectivity index is 1.67. The first kappa shape index (κ1) is 23.7. The number of ether oxygens (including phenoxy) is 1. The minimum atomic E-state index is -3.71. The quantitative estimate of drug-likeness (QED) is 0.459. The summed E-state index contributed by atoms with van der Waals surface area (Å²) < 4.78 is 31.2. The summed E-state index contributed by atoms with van der Waals surface area (Å²) in [4.78, 5) is 13.9. The summed E-state index contributed by atoms with van der Waals surface area (Å²) in [6.45, 7) is 1.49. The number of hydrogen-bond donors (Lipinski definition) is 1. The topological polar surface area (TPSA) is 75.7 Å². The number of carbonyl (C=O) groups excluding carboxylic acids is 1. The van der Waals surface area contributed by atoms with Gasteiger partial charge in [-0.05, 0) is 54.4 Å². The molecule has 0 aliphatic heterocycles. The molecule has 1 N–H and O–H groups in total. The van der Waals surface area contributed by atoms with E-state index in [0.717, 1.165) is 27.4 Å². The summed E-state index contributed by atoms with van der Waals surface area (Å²) in [5.41, 5.74) is 2.92. The van der Waals surface area contributed by atoms with Gasteiger partial charge in [0.25, 0.3) is 0 Å². The third kappa shape index (κ3) is 6.51. The molecule has 0 fully saturated rings. The van der Waals surface area contributed by atoms with Crippen LogP contribution in [0.5, 0.6) is 5.75 Å². The van der Waals surface area contributed by atoms with Crippen molar-refractivity contribution in [2.75, 3.05) is 29.5 Å². The fourth-order valence-electron chi connectivity index (χ4n) is 3.07. The number of sulfonamides is 1. The van der Waals surface area contributed by atoms with Gasteiger partial charge in [-0.1, -0.05) is 36.4 Å². The Bertz CT molecular complexity index is 1160. The summed E-state index contributed by atoms with van der Waals surface area (Å²) in [6.07, 6.45) is 1.07. The van der Waals surface area contributed by atoms with E-state index < -0.39 is 15.9 Å². The molecule has 0 aliphatic rings. The molecule has 0 unspecified atom stereocenters. The van der Waals surface area contributed by atoms with Gasteiger partial charge >= 0.3 is 0 Å². The highest BCUT2D eigenvalue weighted by Gasteiger charge is 2.24. The number of amides is 1. The number of rotatable bonds is 9. The molecule has 6 nitrogen and oxygen atoms in total. The molecule has 0 spiro atoms. The molecular formula is C24H26N2O4S2. The van der Waals surface area contributed by atoms with Gasteiger partial charge < -0.3 is 10.1 Å². The fourth-order valence-corrected chi connectivity index (χ4v) is 4.80. The highest BCUT2D eigenvalue weighted by atomic mass is 32.2. The Kier molecular flexibility index (Phi) is 7.82. The van der Waals surface area contributed by atoms with E-state index >= 15 is 0 Å². The van der Waals surface area contributed by atoms with Gasteiger partial charge in [-0.2, -0.15) is 0 Å². The number of benzene rings is 3. The lowest BCUT2D eigenvalue weighted by Gasteiger charge is -2.24. The average molecular weight is 471 g/mol. The Morgan fingerprint density at radius 1 is 1.03 bits per heavy atom. The maximum absolute atomic E-state index is 12.7. The molecule has 0 radical (unpaired) electrons. The van der Waals surface area contributed by atoms with Gasteiger partial charge in [0.2, 0.25) is 15.9 Å². The van der Waals surface area contributed by atoms with Crippen LogP contribution in [0.25, 0.3) is 0 Å². The second-order valence-electron chi connectivity index (χ2n) is 7.29. The fraction of sp³-hybridized carbons (Fsp3) is 0.208. The standard InChI is InChI=1S/C24H26N2O4S2/c1-18-9-14-23(30-2)22(15-18)26(32(3,28)29)16-24(27)25-20-12-10-19(11-13-20)17-31-21-7-5-4-6-8-21/h4-15H,16-17H2,1-3H3,(H,25,27). The van der Waals surface area contributed by atoms with Crippen molar-refractivity contribution in [1.82, 2.24) is 0 Å². The van der Waals surface area contributed by atoms with Crippen LogP contribution in [0.1, 0.15) is 11.1 Å². The van der Waals surface area contributed by atoms with E-state index in [9.17, 15) is 13.2 Å². The van der Waals surface area contributed by atoms with Crippen molar-refractivity contribution in [1.29, 1.82) is 0 Å². The van der Waals surface area contributed by atoms with Crippen LogP contribution >= 0.6 is 11.8 Å². The third-order valence-electron chi connectivity index (χ3n) is 4.68. The van der Waals surface area contributed by atoms with Crippen LogP contribution in [0.2, 0.25) is 0 Å². The van der Waals surface area contributed by atoms with Crippen molar-refractivity contribution in [3.05, 3.63) is 83.9 Å². The zero-order chi connectivity index (χ0) is 23.1. The van der Waals surface area contributed by atoms with E-state index in [1.165, 1.54) is 12.0 Å². The van der Waals surface area contributed by atoms with Crippen LogP contribution < -0.4 is 14.4 Å².